The van der Waals surface area contributed by atoms with Crippen LogP contribution in [0.25, 0.3) is 0 Å². The van der Waals surface area contributed by atoms with Crippen LogP contribution in [0.15, 0.2) is 51.8 Å². The minimum absolute atomic E-state index is 0.0297. The lowest BCUT2D eigenvalue weighted by molar-refractivity contribution is -0.135. The van der Waals surface area contributed by atoms with Gasteiger partial charge in [-0.15, -0.1) is 0 Å². The van der Waals surface area contributed by atoms with Crippen LogP contribution in [0.4, 0.5) is 5.69 Å². The van der Waals surface area contributed by atoms with Crippen molar-refractivity contribution < 1.29 is 23.1 Å². The lowest BCUT2D eigenvalue weighted by Crippen LogP contribution is -2.35. The minimum atomic E-state index is -4.05. The van der Waals surface area contributed by atoms with Gasteiger partial charge in [-0.2, -0.15) is 0 Å². The highest BCUT2D eigenvalue weighted by atomic mass is 79.9. The SMILES string of the molecule is COc1ccc(S(=O)(=O)N(CC(=O)O)c2cccc(C)c2)cc1Br. The summed E-state index contributed by atoms with van der Waals surface area (Å²) in [7, 11) is -2.58. The maximum absolute atomic E-state index is 12.9. The summed E-state index contributed by atoms with van der Waals surface area (Å²) in [5.41, 5.74) is 1.12. The summed E-state index contributed by atoms with van der Waals surface area (Å²) in [5, 5.41) is 9.13. The molecular formula is C16H16BrNO5S. The van der Waals surface area contributed by atoms with Gasteiger partial charge in [0.1, 0.15) is 12.3 Å². The maximum atomic E-state index is 12.9. The second kappa shape index (κ2) is 7.23. The van der Waals surface area contributed by atoms with E-state index in [1.54, 1.807) is 31.2 Å². The molecule has 0 saturated heterocycles. The minimum Gasteiger partial charge on any atom is -0.496 e. The number of carboxylic acids is 1. The Morgan fingerprint density at radius 1 is 1.25 bits per heavy atom. The molecule has 1 N–H and O–H groups in total. The van der Waals surface area contributed by atoms with Crippen molar-refractivity contribution in [1.29, 1.82) is 0 Å². The van der Waals surface area contributed by atoms with Crippen molar-refractivity contribution in [2.24, 2.45) is 0 Å². The number of rotatable bonds is 6. The number of ether oxygens (including phenoxy) is 1. The zero-order valence-electron chi connectivity index (χ0n) is 13.1. The van der Waals surface area contributed by atoms with Gasteiger partial charge in [-0.25, -0.2) is 8.42 Å². The quantitative estimate of drug-likeness (QED) is 0.786. The Bertz CT molecular complexity index is 867. The third kappa shape index (κ3) is 3.88. The Morgan fingerprint density at radius 3 is 2.50 bits per heavy atom. The summed E-state index contributed by atoms with van der Waals surface area (Å²) in [4.78, 5) is 11.1. The van der Waals surface area contributed by atoms with E-state index in [9.17, 15) is 13.2 Å². The first-order valence-electron chi connectivity index (χ1n) is 6.90. The third-order valence-corrected chi connectivity index (χ3v) is 5.67. The molecule has 0 aliphatic heterocycles. The highest BCUT2D eigenvalue weighted by Gasteiger charge is 2.27. The van der Waals surface area contributed by atoms with Crippen molar-refractivity contribution in [2.75, 3.05) is 18.0 Å². The van der Waals surface area contributed by atoms with E-state index in [2.05, 4.69) is 15.9 Å². The molecule has 24 heavy (non-hydrogen) atoms. The Kier molecular flexibility index (Phi) is 5.51. The highest BCUT2D eigenvalue weighted by molar-refractivity contribution is 9.10. The van der Waals surface area contributed by atoms with Gasteiger partial charge in [0.15, 0.2) is 0 Å². The molecule has 0 aliphatic carbocycles. The van der Waals surface area contributed by atoms with Gasteiger partial charge < -0.3 is 9.84 Å². The van der Waals surface area contributed by atoms with E-state index < -0.39 is 22.5 Å². The van der Waals surface area contributed by atoms with Crippen LogP contribution in [-0.4, -0.2) is 33.1 Å². The Labute approximate surface area is 148 Å². The topological polar surface area (TPSA) is 83.9 Å². The normalized spacial score (nSPS) is 11.1. The van der Waals surface area contributed by atoms with Crippen LogP contribution in [0.2, 0.25) is 0 Å². The molecule has 0 unspecified atom stereocenters. The molecule has 0 bridgehead atoms. The predicted molar refractivity (Wildman–Crippen MR) is 94.0 cm³/mol. The molecule has 6 nitrogen and oxygen atoms in total. The number of benzene rings is 2. The molecule has 8 heteroatoms. The number of sulfonamides is 1. The largest absolute Gasteiger partial charge is 0.496 e. The van der Waals surface area contributed by atoms with E-state index in [1.807, 2.05) is 0 Å². The van der Waals surface area contributed by atoms with Gasteiger partial charge in [-0.1, -0.05) is 12.1 Å². The van der Waals surface area contributed by atoms with Crippen LogP contribution in [-0.2, 0) is 14.8 Å². The number of hydrogen-bond acceptors (Lipinski definition) is 4. The number of anilines is 1. The van der Waals surface area contributed by atoms with Gasteiger partial charge in [-0.3, -0.25) is 9.10 Å². The Balaban J connectivity index is 2.55. The molecular weight excluding hydrogens is 398 g/mol. The summed E-state index contributed by atoms with van der Waals surface area (Å²) >= 11 is 3.24. The van der Waals surface area contributed by atoms with Crippen LogP contribution < -0.4 is 9.04 Å². The molecule has 0 fully saturated rings. The second-order valence-corrected chi connectivity index (χ2v) is 7.76. The van der Waals surface area contributed by atoms with E-state index >= 15 is 0 Å². The Hall–Kier alpha value is -2.06. The van der Waals surface area contributed by atoms with Crippen LogP contribution in [0.3, 0.4) is 0 Å². The number of carboxylic acid groups (broad SMARTS) is 1. The van der Waals surface area contributed by atoms with E-state index in [0.29, 0.717) is 15.9 Å². The van der Waals surface area contributed by atoms with Gasteiger partial charge in [0.25, 0.3) is 10.0 Å². The van der Waals surface area contributed by atoms with Crippen molar-refractivity contribution in [3.63, 3.8) is 0 Å². The van der Waals surface area contributed by atoms with Gasteiger partial charge >= 0.3 is 5.97 Å². The van der Waals surface area contributed by atoms with Gasteiger partial charge in [0.2, 0.25) is 0 Å². The molecule has 0 aromatic heterocycles. The molecule has 0 heterocycles. The monoisotopic (exact) mass is 413 g/mol. The number of aliphatic carboxylic acids is 1. The molecule has 2 rings (SSSR count). The summed E-state index contributed by atoms with van der Waals surface area (Å²) in [5.74, 6) is -0.762. The first-order chi connectivity index (χ1) is 11.3. The predicted octanol–water partition coefficient (Wildman–Crippen LogP) is 3.05. The summed E-state index contributed by atoms with van der Waals surface area (Å²) in [6.07, 6.45) is 0. The molecule has 0 aliphatic rings. The van der Waals surface area contributed by atoms with Crippen molar-refractivity contribution in [3.8, 4) is 5.75 Å². The molecule has 2 aromatic rings. The molecule has 128 valence electrons. The Morgan fingerprint density at radius 2 is 1.96 bits per heavy atom. The van der Waals surface area contributed by atoms with Gasteiger partial charge in [0, 0.05) is 0 Å². The first kappa shape index (κ1) is 18.3. The second-order valence-electron chi connectivity index (χ2n) is 5.04. The van der Waals surface area contributed by atoms with E-state index in [4.69, 9.17) is 9.84 Å². The zero-order chi connectivity index (χ0) is 17.9. The lowest BCUT2D eigenvalue weighted by Gasteiger charge is -2.23. The average Bonchev–Trinajstić information content (AvgIpc) is 2.52. The molecule has 0 atom stereocenters. The molecule has 0 amide bonds. The highest BCUT2D eigenvalue weighted by Crippen LogP contribution is 2.30. The fraction of sp³-hybridized carbons (Fsp3) is 0.188. The smallest absolute Gasteiger partial charge is 0.324 e. The number of aryl methyl sites for hydroxylation is 1. The number of halogens is 1. The van der Waals surface area contributed by atoms with Crippen LogP contribution >= 0.6 is 15.9 Å². The number of hydrogen-bond donors (Lipinski definition) is 1. The summed E-state index contributed by atoms with van der Waals surface area (Å²) in [6.45, 7) is 1.13. The fourth-order valence-corrected chi connectivity index (χ4v) is 4.28. The van der Waals surface area contributed by atoms with E-state index in [0.717, 1.165) is 9.87 Å². The van der Waals surface area contributed by atoms with E-state index in [1.165, 1.54) is 25.3 Å². The van der Waals surface area contributed by atoms with Crippen LogP contribution in [0.1, 0.15) is 5.56 Å². The first-order valence-corrected chi connectivity index (χ1v) is 9.13. The van der Waals surface area contributed by atoms with Gasteiger partial charge in [-0.05, 0) is 58.7 Å². The molecule has 0 saturated carbocycles. The van der Waals surface area contributed by atoms with Crippen molar-refractivity contribution in [3.05, 3.63) is 52.5 Å². The number of nitrogens with zero attached hydrogens (tertiary/aromatic N) is 1. The van der Waals surface area contributed by atoms with Crippen molar-refractivity contribution in [1.82, 2.24) is 0 Å². The van der Waals surface area contributed by atoms with Crippen molar-refractivity contribution >= 4 is 37.6 Å². The molecule has 2 aromatic carbocycles. The standard InChI is InChI=1S/C16H16BrNO5S/c1-11-4-3-5-12(8-11)18(10-16(19)20)24(21,22)13-6-7-15(23-2)14(17)9-13/h3-9H,10H2,1-2H3,(H,19,20). The lowest BCUT2D eigenvalue weighted by atomic mass is 10.2. The zero-order valence-corrected chi connectivity index (χ0v) is 15.5. The maximum Gasteiger partial charge on any atom is 0.324 e. The number of carbonyl (C=O) groups is 1. The third-order valence-electron chi connectivity index (χ3n) is 3.28. The molecule has 0 radical (unpaired) electrons. The fourth-order valence-electron chi connectivity index (χ4n) is 2.16. The summed E-state index contributed by atoms with van der Waals surface area (Å²) < 4.78 is 32.3. The van der Waals surface area contributed by atoms with Crippen LogP contribution in [0, 0.1) is 6.92 Å². The summed E-state index contributed by atoms with van der Waals surface area (Å²) in [6, 6.07) is 10.9. The average molecular weight is 414 g/mol. The van der Waals surface area contributed by atoms with Crippen molar-refractivity contribution in [2.45, 2.75) is 11.8 Å². The van der Waals surface area contributed by atoms with E-state index in [-0.39, 0.29) is 4.90 Å². The van der Waals surface area contributed by atoms with Gasteiger partial charge in [0.05, 0.1) is 22.2 Å². The van der Waals surface area contributed by atoms with Crippen LogP contribution in [0.5, 0.6) is 5.75 Å². The number of methoxy groups -OCH3 is 1. The molecule has 0 spiro atoms.